The Hall–Kier alpha value is -0.990. The lowest BCUT2D eigenvalue weighted by atomic mass is 9.92. The highest BCUT2D eigenvalue weighted by molar-refractivity contribution is 5.40. The van der Waals surface area contributed by atoms with Crippen LogP contribution in [0.2, 0.25) is 0 Å². The van der Waals surface area contributed by atoms with Crippen LogP contribution in [0.25, 0.3) is 0 Å². The van der Waals surface area contributed by atoms with Gasteiger partial charge in [0, 0.05) is 12.0 Å². The van der Waals surface area contributed by atoms with Crippen molar-refractivity contribution in [1.82, 2.24) is 9.55 Å². The van der Waals surface area contributed by atoms with Gasteiger partial charge in [-0.1, -0.05) is 34.1 Å². The Bertz CT molecular complexity index is 294. The zero-order valence-electron chi connectivity index (χ0n) is 9.67. The molecule has 0 aliphatic carbocycles. The fraction of sp³-hybridized carbons (Fsp3) is 0.727. The van der Waals surface area contributed by atoms with Crippen LogP contribution in [-0.4, -0.2) is 9.55 Å². The van der Waals surface area contributed by atoms with E-state index in [0.717, 1.165) is 24.5 Å². The van der Waals surface area contributed by atoms with E-state index in [1.807, 2.05) is 10.9 Å². The van der Waals surface area contributed by atoms with Crippen LogP contribution in [0, 0.1) is 0 Å². The van der Waals surface area contributed by atoms with Gasteiger partial charge in [0.2, 0.25) is 0 Å². The summed E-state index contributed by atoms with van der Waals surface area (Å²) in [6.45, 7) is 9.56. The predicted molar refractivity (Wildman–Crippen MR) is 60.2 cm³/mol. The van der Waals surface area contributed by atoms with Crippen LogP contribution in [0.15, 0.2) is 6.33 Å². The van der Waals surface area contributed by atoms with Gasteiger partial charge in [-0.15, -0.1) is 0 Å². The molecule has 0 atom stereocenters. The lowest BCUT2D eigenvalue weighted by Gasteiger charge is -2.16. The molecule has 1 aromatic heterocycles. The monoisotopic (exact) mass is 195 g/mol. The van der Waals surface area contributed by atoms with Crippen LogP contribution >= 0.6 is 0 Å². The SMILES string of the molecule is CCCCn1cnc(C(C)(C)C)c1N. The van der Waals surface area contributed by atoms with Crippen LogP contribution in [0.5, 0.6) is 0 Å². The summed E-state index contributed by atoms with van der Waals surface area (Å²) in [5.74, 6) is 0.825. The molecule has 0 amide bonds. The Morgan fingerprint density at radius 3 is 2.50 bits per heavy atom. The molecule has 0 aliphatic rings. The molecule has 1 heterocycles. The van der Waals surface area contributed by atoms with E-state index in [1.165, 1.54) is 6.42 Å². The van der Waals surface area contributed by atoms with Crippen molar-refractivity contribution in [3.8, 4) is 0 Å². The minimum Gasteiger partial charge on any atom is -0.384 e. The Morgan fingerprint density at radius 2 is 2.07 bits per heavy atom. The standard InChI is InChI=1S/C11H21N3/c1-5-6-7-14-8-13-9(10(14)12)11(2,3)4/h8H,5-7,12H2,1-4H3. The van der Waals surface area contributed by atoms with Gasteiger partial charge in [-0.05, 0) is 6.42 Å². The molecular weight excluding hydrogens is 174 g/mol. The first kappa shape index (κ1) is 11.1. The number of anilines is 1. The van der Waals surface area contributed by atoms with E-state index in [1.54, 1.807) is 0 Å². The summed E-state index contributed by atoms with van der Waals surface area (Å²) in [6, 6.07) is 0. The third-order valence-electron chi connectivity index (χ3n) is 2.34. The number of imidazole rings is 1. The Labute approximate surface area is 86.3 Å². The van der Waals surface area contributed by atoms with Crippen LogP contribution in [0.1, 0.15) is 46.2 Å². The fourth-order valence-corrected chi connectivity index (χ4v) is 1.48. The number of aromatic nitrogens is 2. The summed E-state index contributed by atoms with van der Waals surface area (Å²) in [5.41, 5.74) is 7.08. The normalized spacial score (nSPS) is 12.0. The van der Waals surface area contributed by atoms with Gasteiger partial charge >= 0.3 is 0 Å². The highest BCUT2D eigenvalue weighted by atomic mass is 15.1. The number of nitrogens with zero attached hydrogens (tertiary/aromatic N) is 2. The number of nitrogens with two attached hydrogens (primary N) is 1. The zero-order chi connectivity index (χ0) is 10.8. The molecule has 80 valence electrons. The molecule has 0 radical (unpaired) electrons. The minimum absolute atomic E-state index is 0.0432. The molecule has 0 saturated heterocycles. The summed E-state index contributed by atoms with van der Waals surface area (Å²) >= 11 is 0. The van der Waals surface area contributed by atoms with E-state index < -0.39 is 0 Å². The van der Waals surface area contributed by atoms with Crippen molar-refractivity contribution >= 4 is 5.82 Å². The van der Waals surface area contributed by atoms with Gasteiger partial charge in [-0.25, -0.2) is 4.98 Å². The van der Waals surface area contributed by atoms with Crippen LogP contribution in [-0.2, 0) is 12.0 Å². The van der Waals surface area contributed by atoms with Gasteiger partial charge < -0.3 is 10.3 Å². The number of aryl methyl sites for hydroxylation is 1. The van der Waals surface area contributed by atoms with E-state index in [0.29, 0.717) is 0 Å². The lowest BCUT2D eigenvalue weighted by molar-refractivity contribution is 0.573. The number of hydrogen-bond donors (Lipinski definition) is 1. The molecule has 3 heteroatoms. The topological polar surface area (TPSA) is 43.8 Å². The molecule has 1 rings (SSSR count). The second-order valence-corrected chi connectivity index (χ2v) is 4.78. The molecular formula is C11H21N3. The van der Waals surface area contributed by atoms with Gasteiger partial charge in [0.05, 0.1) is 12.0 Å². The second-order valence-electron chi connectivity index (χ2n) is 4.78. The fourth-order valence-electron chi connectivity index (χ4n) is 1.48. The number of nitrogen functional groups attached to an aromatic ring is 1. The lowest BCUT2D eigenvalue weighted by Crippen LogP contribution is -2.15. The van der Waals surface area contributed by atoms with E-state index >= 15 is 0 Å². The number of unbranched alkanes of at least 4 members (excludes halogenated alkanes) is 1. The first-order valence-electron chi connectivity index (χ1n) is 5.28. The van der Waals surface area contributed by atoms with Gasteiger partial charge in [0.15, 0.2) is 0 Å². The van der Waals surface area contributed by atoms with Crippen LogP contribution < -0.4 is 5.73 Å². The number of hydrogen-bond acceptors (Lipinski definition) is 2. The maximum absolute atomic E-state index is 6.03. The average Bonchev–Trinajstić information content (AvgIpc) is 2.42. The highest BCUT2D eigenvalue weighted by Crippen LogP contribution is 2.26. The first-order valence-corrected chi connectivity index (χ1v) is 5.28. The van der Waals surface area contributed by atoms with Crippen molar-refractivity contribution in [3.63, 3.8) is 0 Å². The molecule has 0 fully saturated rings. The molecule has 0 spiro atoms. The molecule has 3 nitrogen and oxygen atoms in total. The van der Waals surface area contributed by atoms with E-state index in [2.05, 4.69) is 32.7 Å². The molecule has 0 saturated carbocycles. The summed E-state index contributed by atoms with van der Waals surface area (Å²) in [6.07, 6.45) is 4.19. The molecule has 0 unspecified atom stereocenters. The van der Waals surface area contributed by atoms with E-state index in [9.17, 15) is 0 Å². The molecule has 0 aromatic carbocycles. The smallest absolute Gasteiger partial charge is 0.127 e. The molecule has 0 aliphatic heterocycles. The van der Waals surface area contributed by atoms with Crippen LogP contribution in [0.4, 0.5) is 5.82 Å². The van der Waals surface area contributed by atoms with E-state index in [4.69, 9.17) is 5.73 Å². The number of rotatable bonds is 3. The Morgan fingerprint density at radius 1 is 1.43 bits per heavy atom. The molecule has 0 bridgehead atoms. The highest BCUT2D eigenvalue weighted by Gasteiger charge is 2.21. The Balaban J connectivity index is 2.86. The van der Waals surface area contributed by atoms with Crippen molar-refractivity contribution in [3.05, 3.63) is 12.0 Å². The van der Waals surface area contributed by atoms with Crippen molar-refractivity contribution in [2.24, 2.45) is 0 Å². The molecule has 1 aromatic rings. The minimum atomic E-state index is 0.0432. The Kier molecular flexibility index (Phi) is 3.19. The van der Waals surface area contributed by atoms with Gasteiger partial charge in [-0.3, -0.25) is 0 Å². The van der Waals surface area contributed by atoms with Crippen molar-refractivity contribution in [2.45, 2.75) is 52.5 Å². The third-order valence-corrected chi connectivity index (χ3v) is 2.34. The van der Waals surface area contributed by atoms with Gasteiger partial charge in [0.25, 0.3) is 0 Å². The maximum Gasteiger partial charge on any atom is 0.127 e. The van der Waals surface area contributed by atoms with Crippen molar-refractivity contribution in [1.29, 1.82) is 0 Å². The predicted octanol–water partition coefficient (Wildman–Crippen LogP) is 2.56. The van der Waals surface area contributed by atoms with Gasteiger partial charge in [0.1, 0.15) is 5.82 Å². The molecule has 2 N–H and O–H groups in total. The quantitative estimate of drug-likeness (QED) is 0.805. The molecule has 14 heavy (non-hydrogen) atoms. The summed E-state index contributed by atoms with van der Waals surface area (Å²) in [5, 5.41) is 0. The van der Waals surface area contributed by atoms with Crippen LogP contribution in [0.3, 0.4) is 0 Å². The van der Waals surface area contributed by atoms with Gasteiger partial charge in [-0.2, -0.15) is 0 Å². The summed E-state index contributed by atoms with van der Waals surface area (Å²) in [4.78, 5) is 4.38. The summed E-state index contributed by atoms with van der Waals surface area (Å²) in [7, 11) is 0. The average molecular weight is 195 g/mol. The zero-order valence-corrected chi connectivity index (χ0v) is 9.67. The third kappa shape index (κ3) is 2.28. The van der Waals surface area contributed by atoms with E-state index in [-0.39, 0.29) is 5.41 Å². The van der Waals surface area contributed by atoms with Crippen molar-refractivity contribution in [2.75, 3.05) is 5.73 Å². The maximum atomic E-state index is 6.03. The largest absolute Gasteiger partial charge is 0.384 e. The first-order chi connectivity index (χ1) is 6.46. The van der Waals surface area contributed by atoms with Crippen molar-refractivity contribution < 1.29 is 0 Å². The second kappa shape index (κ2) is 4.03. The summed E-state index contributed by atoms with van der Waals surface area (Å²) < 4.78 is 2.05.